The Hall–Kier alpha value is -2.33. The molecule has 0 radical (unpaired) electrons. The molecule has 1 unspecified atom stereocenters. The molecule has 0 saturated carbocycles. The quantitative estimate of drug-likeness (QED) is 0.884. The molecule has 0 aliphatic carbocycles. The minimum atomic E-state index is -0.899. The van der Waals surface area contributed by atoms with Gasteiger partial charge in [-0.2, -0.15) is 5.26 Å². The van der Waals surface area contributed by atoms with Gasteiger partial charge in [-0.05, 0) is 56.3 Å². The summed E-state index contributed by atoms with van der Waals surface area (Å²) in [4.78, 5) is 27.2. The van der Waals surface area contributed by atoms with Crippen LogP contribution >= 0.6 is 0 Å². The van der Waals surface area contributed by atoms with E-state index in [1.165, 1.54) is 11.8 Å². The van der Waals surface area contributed by atoms with E-state index < -0.39 is 12.0 Å². The van der Waals surface area contributed by atoms with Crippen LogP contribution in [0, 0.1) is 16.7 Å². The monoisotopic (exact) mass is 358 g/mol. The number of carboxylic acids is 1. The average Bonchev–Trinajstić information content (AvgIpc) is 3.19. The smallest absolute Gasteiger partial charge is 0.326 e. The molecule has 0 aromatic carbocycles. The van der Waals surface area contributed by atoms with Crippen LogP contribution in [0.2, 0.25) is 0 Å². The van der Waals surface area contributed by atoms with Gasteiger partial charge >= 0.3 is 5.97 Å². The van der Waals surface area contributed by atoms with Gasteiger partial charge in [-0.15, -0.1) is 0 Å². The highest BCUT2D eigenvalue weighted by Crippen LogP contribution is 2.43. The molecule has 2 aliphatic heterocycles. The summed E-state index contributed by atoms with van der Waals surface area (Å²) >= 11 is 0. The number of carbonyl (C=O) groups excluding carboxylic acids is 1. The molecule has 1 aromatic rings. The van der Waals surface area contributed by atoms with E-state index in [1.54, 1.807) is 0 Å². The van der Waals surface area contributed by atoms with Crippen molar-refractivity contribution in [2.75, 3.05) is 19.6 Å². The number of piperidine rings is 1. The normalized spacial score (nSPS) is 22.5. The van der Waals surface area contributed by atoms with Gasteiger partial charge in [0.2, 0.25) is 5.91 Å². The molecule has 1 amide bonds. The van der Waals surface area contributed by atoms with E-state index in [0.717, 1.165) is 44.6 Å². The van der Waals surface area contributed by atoms with E-state index in [1.807, 2.05) is 23.8 Å². The highest BCUT2D eigenvalue weighted by atomic mass is 16.4. The molecular weight excluding hydrogens is 332 g/mol. The molecule has 3 heterocycles. The van der Waals surface area contributed by atoms with Crippen LogP contribution in [0.1, 0.15) is 44.4 Å². The van der Waals surface area contributed by atoms with Gasteiger partial charge in [-0.3, -0.25) is 9.69 Å². The van der Waals surface area contributed by atoms with Gasteiger partial charge in [-0.25, -0.2) is 4.79 Å². The van der Waals surface area contributed by atoms with Crippen LogP contribution in [0.5, 0.6) is 0 Å². The Labute approximate surface area is 153 Å². The van der Waals surface area contributed by atoms with E-state index in [4.69, 9.17) is 0 Å². The largest absolute Gasteiger partial charge is 0.480 e. The number of hydrogen-bond donors (Lipinski definition) is 1. The summed E-state index contributed by atoms with van der Waals surface area (Å²) in [6.45, 7) is 7.39. The van der Waals surface area contributed by atoms with Crippen LogP contribution < -0.4 is 0 Å². The van der Waals surface area contributed by atoms with Gasteiger partial charge in [0.15, 0.2) is 0 Å². The molecule has 3 rings (SSSR count). The SMILES string of the molecule is CCn1cc(CN2CCC3(CC2)CC(C(=O)O)N(C(C)=O)C3)cc1C#N. The second-order valence-electron chi connectivity index (χ2n) is 7.61. The van der Waals surface area contributed by atoms with Crippen molar-refractivity contribution >= 4 is 11.9 Å². The molecule has 1 atom stereocenters. The summed E-state index contributed by atoms with van der Waals surface area (Å²) in [5.74, 6) is -1.05. The fourth-order valence-electron chi connectivity index (χ4n) is 4.42. The Bertz CT molecular complexity index is 716. The Morgan fingerprint density at radius 1 is 1.38 bits per heavy atom. The second-order valence-corrected chi connectivity index (χ2v) is 7.61. The fourth-order valence-corrected chi connectivity index (χ4v) is 4.42. The lowest BCUT2D eigenvalue weighted by molar-refractivity contribution is -0.147. The lowest BCUT2D eigenvalue weighted by Gasteiger charge is -2.39. The topological polar surface area (TPSA) is 89.6 Å². The molecular formula is C19H26N4O3. The number of aromatic nitrogens is 1. The van der Waals surface area contributed by atoms with E-state index in [0.29, 0.717) is 18.7 Å². The van der Waals surface area contributed by atoms with Crippen LogP contribution in [-0.2, 0) is 22.7 Å². The third-order valence-corrected chi connectivity index (χ3v) is 5.93. The van der Waals surface area contributed by atoms with Crippen molar-refractivity contribution in [1.82, 2.24) is 14.4 Å². The van der Waals surface area contributed by atoms with Crippen LogP contribution in [-0.4, -0.2) is 57.0 Å². The molecule has 2 saturated heterocycles. The van der Waals surface area contributed by atoms with Gasteiger partial charge in [0.25, 0.3) is 0 Å². The molecule has 26 heavy (non-hydrogen) atoms. The van der Waals surface area contributed by atoms with Gasteiger partial charge in [0.05, 0.1) is 0 Å². The maximum absolute atomic E-state index is 11.8. The van der Waals surface area contributed by atoms with E-state index in [9.17, 15) is 20.0 Å². The van der Waals surface area contributed by atoms with Gasteiger partial charge in [0, 0.05) is 32.8 Å². The number of likely N-dealkylation sites (tertiary alicyclic amines) is 2. The molecule has 0 bridgehead atoms. The third kappa shape index (κ3) is 3.47. The van der Waals surface area contributed by atoms with Gasteiger partial charge < -0.3 is 14.6 Å². The Morgan fingerprint density at radius 2 is 2.08 bits per heavy atom. The fraction of sp³-hybridized carbons (Fsp3) is 0.632. The molecule has 2 fully saturated rings. The maximum atomic E-state index is 11.8. The zero-order valence-electron chi connectivity index (χ0n) is 15.4. The zero-order valence-corrected chi connectivity index (χ0v) is 15.4. The number of carboxylic acid groups (broad SMARTS) is 1. The van der Waals surface area contributed by atoms with E-state index in [2.05, 4.69) is 11.0 Å². The molecule has 1 aromatic heterocycles. The first-order valence-corrected chi connectivity index (χ1v) is 9.19. The molecule has 7 nitrogen and oxygen atoms in total. The third-order valence-electron chi connectivity index (χ3n) is 5.93. The molecule has 1 spiro atoms. The Kier molecular flexibility index (Phi) is 5.05. The first-order chi connectivity index (χ1) is 12.4. The summed E-state index contributed by atoms with van der Waals surface area (Å²) in [6, 6.07) is 3.49. The number of nitriles is 1. The minimum Gasteiger partial charge on any atom is -0.480 e. The molecule has 140 valence electrons. The van der Waals surface area contributed by atoms with Crippen molar-refractivity contribution in [1.29, 1.82) is 5.26 Å². The molecule has 2 aliphatic rings. The van der Waals surface area contributed by atoms with Crippen molar-refractivity contribution in [3.05, 3.63) is 23.5 Å². The van der Waals surface area contributed by atoms with Crippen LogP contribution in [0.4, 0.5) is 0 Å². The molecule has 7 heteroatoms. The van der Waals surface area contributed by atoms with Crippen LogP contribution in [0.15, 0.2) is 12.3 Å². The number of carbonyl (C=O) groups is 2. The standard InChI is InChI=1S/C19H26N4O3/c1-3-22-12-15(8-16(22)10-20)11-21-6-4-19(5-7-21)9-17(18(25)26)23(13-19)14(2)24/h8,12,17H,3-7,9,11,13H2,1-2H3,(H,25,26). The average molecular weight is 358 g/mol. The lowest BCUT2D eigenvalue weighted by atomic mass is 9.76. The summed E-state index contributed by atoms with van der Waals surface area (Å²) < 4.78 is 1.96. The number of hydrogen-bond acceptors (Lipinski definition) is 4. The Balaban J connectivity index is 1.62. The predicted molar refractivity (Wildman–Crippen MR) is 95.2 cm³/mol. The van der Waals surface area contributed by atoms with Crippen molar-refractivity contribution in [3.8, 4) is 6.07 Å². The highest BCUT2D eigenvalue weighted by molar-refractivity contribution is 5.83. The number of rotatable bonds is 4. The number of aliphatic carboxylic acids is 1. The van der Waals surface area contributed by atoms with Gasteiger partial charge in [-0.1, -0.05) is 0 Å². The van der Waals surface area contributed by atoms with E-state index >= 15 is 0 Å². The van der Waals surface area contributed by atoms with Crippen molar-refractivity contribution in [2.24, 2.45) is 5.41 Å². The summed E-state index contributed by atoms with van der Waals surface area (Å²) in [7, 11) is 0. The van der Waals surface area contributed by atoms with Crippen LogP contribution in [0.25, 0.3) is 0 Å². The summed E-state index contributed by atoms with van der Waals surface area (Å²) in [5, 5.41) is 18.6. The first kappa shape index (κ1) is 18.5. The van der Waals surface area contributed by atoms with Crippen molar-refractivity contribution < 1.29 is 14.7 Å². The highest BCUT2D eigenvalue weighted by Gasteiger charge is 2.49. The first-order valence-electron chi connectivity index (χ1n) is 9.19. The minimum absolute atomic E-state index is 0.0710. The summed E-state index contributed by atoms with van der Waals surface area (Å²) in [5.41, 5.74) is 1.76. The number of aryl methyl sites for hydroxylation is 1. The predicted octanol–water partition coefficient (Wildman–Crippen LogP) is 1.67. The zero-order chi connectivity index (χ0) is 18.9. The maximum Gasteiger partial charge on any atom is 0.326 e. The van der Waals surface area contributed by atoms with E-state index in [-0.39, 0.29) is 11.3 Å². The van der Waals surface area contributed by atoms with Gasteiger partial charge in [0.1, 0.15) is 17.8 Å². The van der Waals surface area contributed by atoms with Crippen LogP contribution in [0.3, 0.4) is 0 Å². The van der Waals surface area contributed by atoms with Crippen molar-refractivity contribution in [2.45, 2.75) is 52.2 Å². The number of nitrogens with zero attached hydrogens (tertiary/aromatic N) is 4. The Morgan fingerprint density at radius 3 is 2.54 bits per heavy atom. The molecule has 1 N–H and O–H groups in total. The lowest BCUT2D eigenvalue weighted by Crippen LogP contribution is -2.42. The second kappa shape index (κ2) is 7.12. The van der Waals surface area contributed by atoms with Crippen molar-refractivity contribution in [3.63, 3.8) is 0 Å². The summed E-state index contributed by atoms with van der Waals surface area (Å²) in [6.07, 6.45) is 4.40. The number of amides is 1.